The van der Waals surface area contributed by atoms with Crippen molar-refractivity contribution in [3.8, 4) is 0 Å². The second-order valence-corrected chi connectivity index (χ2v) is 3.42. The number of methoxy groups -OCH3 is 1. The lowest BCUT2D eigenvalue weighted by Crippen LogP contribution is -1.81. The summed E-state index contributed by atoms with van der Waals surface area (Å²) in [5.41, 5.74) is 0. The fraction of sp³-hybridized carbons (Fsp3) is 0.286. The molecular weight excluding hydrogens is 160 g/mol. The Bertz CT molecular complexity index is 323. The van der Waals surface area contributed by atoms with Crippen LogP contribution < -0.4 is 0 Å². The zero-order chi connectivity index (χ0) is 7.68. The summed E-state index contributed by atoms with van der Waals surface area (Å²) >= 11 is 1.70. The molecule has 11 heavy (non-hydrogen) atoms. The van der Waals surface area contributed by atoms with Crippen LogP contribution in [0.5, 0.6) is 0 Å². The van der Waals surface area contributed by atoms with Crippen molar-refractivity contribution < 1.29 is 4.74 Å². The average Bonchev–Trinajstić information content (AvgIpc) is 2.46. The summed E-state index contributed by atoms with van der Waals surface area (Å²) in [6, 6.07) is 0. The molecule has 2 rings (SSSR count). The van der Waals surface area contributed by atoms with Crippen molar-refractivity contribution in [2.24, 2.45) is 0 Å². The topological polar surface area (TPSA) is 26.5 Å². The second-order valence-electron chi connectivity index (χ2n) is 2.27. The zero-order valence-electron chi connectivity index (χ0n) is 6.15. The monoisotopic (exact) mass is 168 g/mol. The molecule has 58 valence electrons. The Morgan fingerprint density at radius 3 is 3.36 bits per heavy atom. The van der Waals surface area contributed by atoms with E-state index in [9.17, 15) is 0 Å². The predicted octanol–water partition coefficient (Wildman–Crippen LogP) is 1.54. The summed E-state index contributed by atoms with van der Waals surface area (Å²) in [7, 11) is 1.70. The molecule has 2 aromatic heterocycles. The third-order valence-corrected chi connectivity index (χ3v) is 2.45. The van der Waals surface area contributed by atoms with Crippen LogP contribution in [0.2, 0.25) is 0 Å². The number of rotatable bonds is 2. The number of hydrogen-bond donors (Lipinski definition) is 0. The van der Waals surface area contributed by atoms with E-state index in [0.29, 0.717) is 6.61 Å². The van der Waals surface area contributed by atoms with Crippen LogP contribution in [0.15, 0.2) is 18.7 Å². The molecule has 0 aliphatic carbocycles. The normalized spacial score (nSPS) is 11.0. The standard InChI is InChI=1S/C7H8N2OS/c1-10-4-6-3-9-5-8-2-7(9)11-6/h2-3,5H,4H2,1H3. The molecule has 0 unspecified atom stereocenters. The molecule has 0 fully saturated rings. The Morgan fingerprint density at radius 1 is 1.73 bits per heavy atom. The number of fused-ring (bicyclic) bond motifs is 1. The molecule has 0 bridgehead atoms. The van der Waals surface area contributed by atoms with Crippen molar-refractivity contribution in [2.45, 2.75) is 6.61 Å². The number of ether oxygens (including phenoxy) is 1. The molecule has 0 saturated carbocycles. The van der Waals surface area contributed by atoms with Gasteiger partial charge in [-0.05, 0) is 0 Å². The van der Waals surface area contributed by atoms with E-state index in [4.69, 9.17) is 4.74 Å². The van der Waals surface area contributed by atoms with Crippen molar-refractivity contribution in [3.63, 3.8) is 0 Å². The number of aromatic nitrogens is 2. The first-order chi connectivity index (χ1) is 5.40. The lowest BCUT2D eigenvalue weighted by atomic mass is 10.6. The number of hydrogen-bond acceptors (Lipinski definition) is 3. The molecule has 0 atom stereocenters. The maximum absolute atomic E-state index is 5.00. The molecule has 0 N–H and O–H groups in total. The van der Waals surface area contributed by atoms with Gasteiger partial charge in [0.25, 0.3) is 0 Å². The van der Waals surface area contributed by atoms with Crippen LogP contribution in [0, 0.1) is 0 Å². The minimum atomic E-state index is 0.687. The predicted molar refractivity (Wildman–Crippen MR) is 43.8 cm³/mol. The molecule has 0 radical (unpaired) electrons. The zero-order valence-corrected chi connectivity index (χ0v) is 6.97. The third kappa shape index (κ3) is 1.15. The molecule has 0 spiro atoms. The molecule has 0 amide bonds. The molecule has 0 aliphatic heterocycles. The van der Waals surface area contributed by atoms with Gasteiger partial charge >= 0.3 is 0 Å². The van der Waals surface area contributed by atoms with Crippen LogP contribution in [0.4, 0.5) is 0 Å². The molecule has 0 saturated heterocycles. The van der Waals surface area contributed by atoms with Crippen LogP contribution in [-0.2, 0) is 11.3 Å². The first-order valence-corrected chi connectivity index (χ1v) is 4.11. The van der Waals surface area contributed by atoms with Crippen molar-refractivity contribution >= 4 is 16.2 Å². The largest absolute Gasteiger partial charge is 0.379 e. The fourth-order valence-corrected chi connectivity index (χ4v) is 1.92. The Hall–Kier alpha value is -0.870. The lowest BCUT2D eigenvalue weighted by Gasteiger charge is -1.89. The molecule has 2 heterocycles. The quantitative estimate of drug-likeness (QED) is 0.680. The van der Waals surface area contributed by atoms with E-state index in [2.05, 4.69) is 4.98 Å². The minimum Gasteiger partial charge on any atom is -0.379 e. The highest BCUT2D eigenvalue weighted by molar-refractivity contribution is 7.17. The summed E-state index contributed by atoms with van der Waals surface area (Å²) in [6.45, 7) is 0.687. The van der Waals surface area contributed by atoms with E-state index >= 15 is 0 Å². The van der Waals surface area contributed by atoms with Crippen molar-refractivity contribution in [2.75, 3.05) is 7.11 Å². The van der Waals surface area contributed by atoms with Crippen LogP contribution >= 0.6 is 11.3 Å². The molecule has 0 aliphatic rings. The molecule has 0 aromatic carbocycles. The Kier molecular flexibility index (Phi) is 1.63. The molecule has 2 aromatic rings. The van der Waals surface area contributed by atoms with Gasteiger partial charge in [0, 0.05) is 18.2 Å². The summed E-state index contributed by atoms with van der Waals surface area (Å²) < 4.78 is 7.00. The highest BCUT2D eigenvalue weighted by atomic mass is 32.1. The number of imidazole rings is 1. The Morgan fingerprint density at radius 2 is 2.64 bits per heavy atom. The summed E-state index contributed by atoms with van der Waals surface area (Å²) in [5.74, 6) is 0. The van der Waals surface area contributed by atoms with E-state index in [0.717, 1.165) is 4.83 Å². The summed E-state index contributed by atoms with van der Waals surface area (Å²) in [6.07, 6.45) is 5.69. The maximum Gasteiger partial charge on any atom is 0.119 e. The second kappa shape index (κ2) is 2.64. The SMILES string of the molecule is COCc1cn2cncc2s1. The van der Waals surface area contributed by atoms with Gasteiger partial charge in [-0.15, -0.1) is 11.3 Å². The van der Waals surface area contributed by atoms with Gasteiger partial charge in [-0.25, -0.2) is 4.98 Å². The summed E-state index contributed by atoms with van der Waals surface area (Å²) in [5, 5.41) is 0. The number of thiazole rings is 1. The first kappa shape index (κ1) is 6.82. The maximum atomic E-state index is 5.00. The molecular formula is C7H8N2OS. The lowest BCUT2D eigenvalue weighted by molar-refractivity contribution is 0.187. The van der Waals surface area contributed by atoms with E-state index in [1.54, 1.807) is 24.8 Å². The van der Waals surface area contributed by atoms with Gasteiger partial charge in [0.1, 0.15) is 4.83 Å². The van der Waals surface area contributed by atoms with Crippen LogP contribution in [0.3, 0.4) is 0 Å². The van der Waals surface area contributed by atoms with Gasteiger partial charge < -0.3 is 4.74 Å². The van der Waals surface area contributed by atoms with E-state index < -0.39 is 0 Å². The Balaban J connectivity index is 2.42. The summed E-state index contributed by atoms with van der Waals surface area (Å²) in [4.78, 5) is 6.39. The van der Waals surface area contributed by atoms with Gasteiger partial charge in [0.05, 0.1) is 19.1 Å². The van der Waals surface area contributed by atoms with Gasteiger partial charge in [-0.2, -0.15) is 0 Å². The Labute approximate surface area is 68.3 Å². The van der Waals surface area contributed by atoms with E-state index in [-0.39, 0.29) is 0 Å². The fourth-order valence-electron chi connectivity index (χ4n) is 0.993. The van der Waals surface area contributed by atoms with Crippen molar-refractivity contribution in [3.05, 3.63) is 23.6 Å². The smallest absolute Gasteiger partial charge is 0.119 e. The van der Waals surface area contributed by atoms with Gasteiger partial charge in [-0.3, -0.25) is 4.40 Å². The average molecular weight is 168 g/mol. The highest BCUT2D eigenvalue weighted by Crippen LogP contribution is 2.17. The van der Waals surface area contributed by atoms with Gasteiger partial charge in [0.2, 0.25) is 0 Å². The van der Waals surface area contributed by atoms with Crippen LogP contribution in [-0.4, -0.2) is 16.5 Å². The molecule has 4 heteroatoms. The van der Waals surface area contributed by atoms with Crippen molar-refractivity contribution in [1.29, 1.82) is 0 Å². The first-order valence-electron chi connectivity index (χ1n) is 3.29. The van der Waals surface area contributed by atoms with Crippen LogP contribution in [0.25, 0.3) is 4.83 Å². The third-order valence-electron chi connectivity index (χ3n) is 1.44. The van der Waals surface area contributed by atoms with Crippen LogP contribution in [0.1, 0.15) is 4.88 Å². The van der Waals surface area contributed by atoms with Crippen molar-refractivity contribution in [1.82, 2.24) is 9.38 Å². The number of nitrogens with zero attached hydrogens (tertiary/aromatic N) is 2. The van der Waals surface area contributed by atoms with E-state index in [1.165, 1.54) is 4.88 Å². The van der Waals surface area contributed by atoms with Gasteiger partial charge in [0.15, 0.2) is 0 Å². The molecule has 3 nitrogen and oxygen atoms in total. The highest BCUT2D eigenvalue weighted by Gasteiger charge is 1.99. The minimum absolute atomic E-state index is 0.687. The van der Waals surface area contributed by atoms with Gasteiger partial charge in [-0.1, -0.05) is 0 Å². The van der Waals surface area contributed by atoms with E-state index in [1.807, 2.05) is 16.8 Å².